The maximum absolute atomic E-state index is 5.85. The lowest BCUT2D eigenvalue weighted by Gasteiger charge is -2.15. The molecular weight excluding hydrogens is 194 g/mol. The third kappa shape index (κ3) is 1.30. The van der Waals surface area contributed by atoms with Gasteiger partial charge in [-0.3, -0.25) is 0 Å². The van der Waals surface area contributed by atoms with E-state index in [1.54, 1.807) is 0 Å². The summed E-state index contributed by atoms with van der Waals surface area (Å²) in [5, 5.41) is 1.31. The first-order valence-electron chi connectivity index (χ1n) is 5.47. The van der Waals surface area contributed by atoms with Crippen LogP contribution in [0.15, 0.2) is 6.20 Å². The Kier molecular flexibility index (Phi) is 2.10. The van der Waals surface area contributed by atoms with Crippen LogP contribution in [-0.4, -0.2) is 17.2 Å². The fourth-order valence-corrected chi connectivity index (χ4v) is 3.58. The number of hydrogen-bond acceptors (Lipinski definition) is 3. The first kappa shape index (κ1) is 8.86. The number of aromatic nitrogens is 1. The monoisotopic (exact) mass is 209 g/mol. The quantitative estimate of drug-likeness (QED) is 0.747. The molecule has 3 atom stereocenters. The van der Waals surface area contributed by atoms with E-state index < -0.39 is 0 Å². The molecule has 2 aliphatic rings. The second-order valence-corrected chi connectivity index (χ2v) is 5.38. The van der Waals surface area contributed by atoms with E-state index in [1.807, 2.05) is 17.5 Å². The van der Waals surface area contributed by atoms with E-state index in [1.165, 1.54) is 29.1 Å². The van der Waals surface area contributed by atoms with Crippen molar-refractivity contribution in [1.82, 2.24) is 4.98 Å². The van der Waals surface area contributed by atoms with E-state index in [2.05, 4.69) is 11.9 Å². The minimum absolute atomic E-state index is 0.482. The summed E-state index contributed by atoms with van der Waals surface area (Å²) in [6.45, 7) is 2.19. The van der Waals surface area contributed by atoms with Crippen molar-refractivity contribution >= 4 is 11.3 Å². The zero-order valence-corrected chi connectivity index (χ0v) is 9.22. The average molecular weight is 209 g/mol. The molecule has 2 saturated heterocycles. The molecule has 0 spiro atoms. The normalized spacial score (nSPS) is 35.4. The Morgan fingerprint density at radius 1 is 1.57 bits per heavy atom. The summed E-state index contributed by atoms with van der Waals surface area (Å²) in [5.74, 6) is 0.610. The maximum atomic E-state index is 5.85. The van der Waals surface area contributed by atoms with Gasteiger partial charge in [0, 0.05) is 17.0 Å². The van der Waals surface area contributed by atoms with Gasteiger partial charge in [-0.05, 0) is 25.7 Å². The highest BCUT2D eigenvalue weighted by Gasteiger charge is 2.42. The van der Waals surface area contributed by atoms with E-state index in [4.69, 9.17) is 4.74 Å². The number of hydrogen-bond donors (Lipinski definition) is 0. The van der Waals surface area contributed by atoms with Crippen LogP contribution in [0.4, 0.5) is 0 Å². The van der Waals surface area contributed by atoms with Gasteiger partial charge in [-0.15, -0.1) is 11.3 Å². The number of ether oxygens (including phenoxy) is 1. The van der Waals surface area contributed by atoms with Crippen molar-refractivity contribution in [3.8, 4) is 0 Å². The van der Waals surface area contributed by atoms with Gasteiger partial charge in [0.05, 0.1) is 17.2 Å². The molecule has 0 N–H and O–H groups in total. The van der Waals surface area contributed by atoms with E-state index in [-0.39, 0.29) is 0 Å². The van der Waals surface area contributed by atoms with Crippen LogP contribution in [0.2, 0.25) is 0 Å². The number of rotatable bonds is 2. The predicted molar refractivity (Wildman–Crippen MR) is 56.7 cm³/mol. The minimum atomic E-state index is 0.482. The molecule has 1 aromatic rings. The van der Waals surface area contributed by atoms with Gasteiger partial charge in [0.25, 0.3) is 0 Å². The number of fused-ring (bicyclic) bond motifs is 2. The summed E-state index contributed by atoms with van der Waals surface area (Å²) in [5.41, 5.74) is 0. The average Bonchev–Trinajstić information content (AvgIpc) is 2.93. The Morgan fingerprint density at radius 2 is 2.50 bits per heavy atom. The number of nitrogens with zero attached hydrogens (tertiary/aromatic N) is 1. The van der Waals surface area contributed by atoms with Crippen molar-refractivity contribution < 1.29 is 4.74 Å². The van der Waals surface area contributed by atoms with Crippen molar-refractivity contribution in [3.05, 3.63) is 16.1 Å². The van der Waals surface area contributed by atoms with Gasteiger partial charge < -0.3 is 4.74 Å². The molecule has 2 bridgehead atoms. The van der Waals surface area contributed by atoms with E-state index >= 15 is 0 Å². The Hall–Kier alpha value is -0.410. The van der Waals surface area contributed by atoms with Crippen molar-refractivity contribution in [2.75, 3.05) is 0 Å². The van der Waals surface area contributed by atoms with Crippen molar-refractivity contribution in [2.24, 2.45) is 0 Å². The zero-order chi connectivity index (χ0) is 9.54. The van der Waals surface area contributed by atoms with Gasteiger partial charge in [0.2, 0.25) is 0 Å². The highest BCUT2D eigenvalue weighted by molar-refractivity contribution is 7.11. The fraction of sp³-hybridized carbons (Fsp3) is 0.727. The molecular formula is C11H15NOS. The molecule has 3 unspecified atom stereocenters. The minimum Gasteiger partial charge on any atom is -0.374 e. The highest BCUT2D eigenvalue weighted by Crippen LogP contribution is 2.45. The molecule has 2 nitrogen and oxygen atoms in total. The molecule has 0 aromatic carbocycles. The largest absolute Gasteiger partial charge is 0.374 e. The smallest absolute Gasteiger partial charge is 0.0985 e. The summed E-state index contributed by atoms with van der Waals surface area (Å²) in [6, 6.07) is 0. The Balaban J connectivity index is 1.82. The summed E-state index contributed by atoms with van der Waals surface area (Å²) >= 11 is 1.88. The molecule has 14 heavy (non-hydrogen) atoms. The summed E-state index contributed by atoms with van der Waals surface area (Å²) in [7, 11) is 0. The molecule has 3 heteroatoms. The van der Waals surface area contributed by atoms with Crippen LogP contribution >= 0.6 is 11.3 Å². The van der Waals surface area contributed by atoms with Gasteiger partial charge in [0.1, 0.15) is 0 Å². The van der Waals surface area contributed by atoms with Gasteiger partial charge in [-0.1, -0.05) is 6.92 Å². The first-order chi connectivity index (χ1) is 6.86. The van der Waals surface area contributed by atoms with Crippen LogP contribution in [0.25, 0.3) is 0 Å². The molecule has 3 rings (SSSR count). The molecule has 0 radical (unpaired) electrons. The van der Waals surface area contributed by atoms with Gasteiger partial charge in [-0.2, -0.15) is 0 Å². The van der Waals surface area contributed by atoms with Gasteiger partial charge in [0.15, 0.2) is 0 Å². The van der Waals surface area contributed by atoms with Gasteiger partial charge >= 0.3 is 0 Å². The Morgan fingerprint density at radius 3 is 3.07 bits per heavy atom. The van der Waals surface area contributed by atoms with Crippen molar-refractivity contribution in [1.29, 1.82) is 0 Å². The molecule has 0 aliphatic carbocycles. The summed E-state index contributed by atoms with van der Waals surface area (Å²) < 4.78 is 5.85. The first-order valence-corrected chi connectivity index (χ1v) is 6.28. The third-order valence-corrected chi connectivity index (χ3v) is 4.62. The molecule has 2 aliphatic heterocycles. The zero-order valence-electron chi connectivity index (χ0n) is 8.40. The molecule has 2 fully saturated rings. The predicted octanol–water partition coefficient (Wildman–Crippen LogP) is 2.74. The fourth-order valence-electron chi connectivity index (χ4n) is 2.56. The number of aryl methyl sites for hydroxylation is 1. The van der Waals surface area contributed by atoms with Crippen LogP contribution in [0.5, 0.6) is 0 Å². The van der Waals surface area contributed by atoms with Crippen molar-refractivity contribution in [2.45, 2.75) is 50.7 Å². The molecule has 3 heterocycles. The van der Waals surface area contributed by atoms with E-state index in [9.17, 15) is 0 Å². The second kappa shape index (κ2) is 3.31. The van der Waals surface area contributed by atoms with E-state index in [0.717, 1.165) is 6.42 Å². The maximum Gasteiger partial charge on any atom is 0.0985 e. The highest BCUT2D eigenvalue weighted by atomic mass is 32.1. The SMILES string of the molecule is CCc1cnc(C2CC3CCC2O3)s1. The van der Waals surface area contributed by atoms with Crippen LogP contribution < -0.4 is 0 Å². The molecule has 76 valence electrons. The Labute approximate surface area is 88.3 Å². The third-order valence-electron chi connectivity index (χ3n) is 3.34. The van der Waals surface area contributed by atoms with Crippen LogP contribution in [-0.2, 0) is 11.2 Å². The topological polar surface area (TPSA) is 22.1 Å². The Bertz CT molecular complexity index is 336. The van der Waals surface area contributed by atoms with Crippen LogP contribution in [0, 0.1) is 0 Å². The molecule has 1 aromatic heterocycles. The van der Waals surface area contributed by atoms with E-state index in [0.29, 0.717) is 18.1 Å². The van der Waals surface area contributed by atoms with Crippen LogP contribution in [0.1, 0.15) is 42.0 Å². The van der Waals surface area contributed by atoms with Crippen molar-refractivity contribution in [3.63, 3.8) is 0 Å². The summed E-state index contributed by atoms with van der Waals surface area (Å²) in [6.07, 6.45) is 7.89. The lowest BCUT2D eigenvalue weighted by Crippen LogP contribution is -2.13. The summed E-state index contributed by atoms with van der Waals surface area (Å²) in [4.78, 5) is 5.93. The molecule has 0 saturated carbocycles. The lowest BCUT2D eigenvalue weighted by atomic mass is 9.90. The molecule has 0 amide bonds. The lowest BCUT2D eigenvalue weighted by molar-refractivity contribution is 0.101. The standard InChI is InChI=1S/C11H15NOS/c1-2-8-6-12-11(14-8)9-5-7-3-4-10(9)13-7/h6-7,9-10H,2-5H2,1H3. The number of thiazole rings is 1. The second-order valence-electron chi connectivity index (χ2n) is 4.23. The van der Waals surface area contributed by atoms with Crippen LogP contribution in [0.3, 0.4) is 0 Å². The van der Waals surface area contributed by atoms with Gasteiger partial charge in [-0.25, -0.2) is 4.98 Å².